The van der Waals surface area contributed by atoms with E-state index in [4.69, 9.17) is 4.74 Å². The molecule has 0 bridgehead atoms. The molecule has 4 heteroatoms. The minimum Gasteiger partial charge on any atom is -0.493 e. The zero-order valence-electron chi connectivity index (χ0n) is 11.9. The van der Waals surface area contributed by atoms with Gasteiger partial charge in [-0.2, -0.15) is 5.10 Å². The van der Waals surface area contributed by atoms with Gasteiger partial charge in [0.05, 0.1) is 12.8 Å². The fourth-order valence-electron chi connectivity index (χ4n) is 2.74. The van der Waals surface area contributed by atoms with Crippen LogP contribution in [0.5, 0.6) is 5.75 Å². The Hall–Kier alpha value is -1.81. The van der Waals surface area contributed by atoms with Crippen molar-refractivity contribution in [3.63, 3.8) is 0 Å². The molecule has 0 aliphatic carbocycles. The van der Waals surface area contributed by atoms with Crippen LogP contribution < -0.4 is 10.1 Å². The first-order valence-corrected chi connectivity index (χ1v) is 7.23. The van der Waals surface area contributed by atoms with E-state index in [1.807, 2.05) is 24.0 Å². The number of ether oxygens (including phenoxy) is 1. The maximum absolute atomic E-state index is 5.69. The topological polar surface area (TPSA) is 39.1 Å². The van der Waals surface area contributed by atoms with Crippen LogP contribution in [-0.4, -0.2) is 29.5 Å². The van der Waals surface area contributed by atoms with Crippen molar-refractivity contribution in [3.05, 3.63) is 47.8 Å². The molecule has 1 aromatic heterocycles. The Morgan fingerprint density at radius 3 is 3.15 bits per heavy atom. The zero-order valence-corrected chi connectivity index (χ0v) is 11.9. The van der Waals surface area contributed by atoms with Crippen LogP contribution >= 0.6 is 0 Å². The van der Waals surface area contributed by atoms with Crippen molar-refractivity contribution in [3.8, 4) is 5.75 Å². The summed E-state index contributed by atoms with van der Waals surface area (Å²) in [6, 6.07) is 8.38. The van der Waals surface area contributed by atoms with Gasteiger partial charge in [-0.15, -0.1) is 0 Å². The van der Waals surface area contributed by atoms with Gasteiger partial charge in [-0.1, -0.05) is 18.2 Å². The van der Waals surface area contributed by atoms with E-state index in [9.17, 15) is 0 Å². The van der Waals surface area contributed by atoms with Crippen molar-refractivity contribution in [1.82, 2.24) is 15.1 Å². The van der Waals surface area contributed by atoms with Gasteiger partial charge in [0.2, 0.25) is 0 Å². The number of aryl methyl sites for hydroxylation is 1. The average molecular weight is 271 g/mol. The van der Waals surface area contributed by atoms with Gasteiger partial charge in [0.25, 0.3) is 0 Å². The van der Waals surface area contributed by atoms with Crippen molar-refractivity contribution in [2.24, 2.45) is 7.05 Å². The fraction of sp³-hybridized carbons (Fsp3) is 0.438. The minimum absolute atomic E-state index is 0.564. The lowest BCUT2D eigenvalue weighted by molar-refractivity contribution is 0.265. The summed E-state index contributed by atoms with van der Waals surface area (Å²) in [5, 5.41) is 7.75. The second kappa shape index (κ2) is 6.09. The molecule has 1 aromatic carbocycles. The molecule has 0 radical (unpaired) electrons. The zero-order chi connectivity index (χ0) is 13.8. The molecule has 0 saturated carbocycles. The Morgan fingerprint density at radius 2 is 2.30 bits per heavy atom. The van der Waals surface area contributed by atoms with Crippen LogP contribution in [0, 0.1) is 0 Å². The lowest BCUT2D eigenvalue weighted by Gasteiger charge is -2.26. The predicted octanol–water partition coefficient (Wildman–Crippen LogP) is 2.12. The Balaban J connectivity index is 1.50. The SMILES string of the molecule is Cn1cc(CCNCC2CCOc3ccccc32)cn1. The molecule has 0 spiro atoms. The molecule has 1 unspecified atom stereocenters. The normalized spacial score (nSPS) is 17.6. The molecular formula is C16H21N3O. The molecule has 0 saturated heterocycles. The Kier molecular flexibility index (Phi) is 4.02. The molecule has 1 aliphatic heterocycles. The number of hydrogen-bond acceptors (Lipinski definition) is 3. The molecule has 4 nitrogen and oxygen atoms in total. The number of fused-ring (bicyclic) bond motifs is 1. The molecule has 2 heterocycles. The van der Waals surface area contributed by atoms with Gasteiger partial charge in [-0.3, -0.25) is 4.68 Å². The van der Waals surface area contributed by atoms with E-state index < -0.39 is 0 Å². The molecule has 0 fully saturated rings. The van der Waals surface area contributed by atoms with Crippen LogP contribution in [0.1, 0.15) is 23.5 Å². The maximum atomic E-state index is 5.69. The molecule has 1 N–H and O–H groups in total. The molecular weight excluding hydrogens is 250 g/mol. The number of hydrogen-bond donors (Lipinski definition) is 1. The molecule has 2 aromatic rings. The average Bonchev–Trinajstić information content (AvgIpc) is 2.89. The Labute approximate surface area is 119 Å². The second-order valence-electron chi connectivity index (χ2n) is 5.35. The monoisotopic (exact) mass is 271 g/mol. The van der Waals surface area contributed by atoms with Crippen LogP contribution in [0.3, 0.4) is 0 Å². The lowest BCUT2D eigenvalue weighted by atomic mass is 9.93. The molecule has 1 atom stereocenters. The summed E-state index contributed by atoms with van der Waals surface area (Å²) in [4.78, 5) is 0. The van der Waals surface area contributed by atoms with Crippen molar-refractivity contribution in [2.75, 3.05) is 19.7 Å². The first kappa shape index (κ1) is 13.2. The summed E-state index contributed by atoms with van der Waals surface area (Å²) in [5.74, 6) is 1.62. The standard InChI is InChI=1S/C16H21N3O/c1-19-12-13(10-18-19)6-8-17-11-14-7-9-20-16-5-3-2-4-15(14)16/h2-5,10,12,14,17H,6-9,11H2,1H3. The van der Waals surface area contributed by atoms with Gasteiger partial charge < -0.3 is 10.1 Å². The Morgan fingerprint density at radius 1 is 1.40 bits per heavy atom. The summed E-state index contributed by atoms with van der Waals surface area (Å²) < 4.78 is 7.54. The van der Waals surface area contributed by atoms with E-state index in [2.05, 4.69) is 34.8 Å². The number of nitrogens with zero attached hydrogens (tertiary/aromatic N) is 2. The molecule has 0 amide bonds. The minimum atomic E-state index is 0.564. The van der Waals surface area contributed by atoms with Gasteiger partial charge in [0.1, 0.15) is 5.75 Å². The van der Waals surface area contributed by atoms with Gasteiger partial charge in [0.15, 0.2) is 0 Å². The highest BCUT2D eigenvalue weighted by molar-refractivity contribution is 5.37. The van der Waals surface area contributed by atoms with Crippen LogP contribution in [0.4, 0.5) is 0 Å². The van der Waals surface area contributed by atoms with Crippen molar-refractivity contribution in [1.29, 1.82) is 0 Å². The summed E-state index contributed by atoms with van der Waals surface area (Å²) in [5.41, 5.74) is 2.63. The van der Waals surface area contributed by atoms with Crippen LogP contribution in [-0.2, 0) is 13.5 Å². The summed E-state index contributed by atoms with van der Waals surface area (Å²) >= 11 is 0. The van der Waals surface area contributed by atoms with Gasteiger partial charge in [-0.05, 0) is 36.6 Å². The van der Waals surface area contributed by atoms with Crippen molar-refractivity contribution in [2.45, 2.75) is 18.8 Å². The first-order chi connectivity index (χ1) is 9.83. The fourth-order valence-corrected chi connectivity index (χ4v) is 2.74. The molecule has 3 rings (SSSR count). The smallest absolute Gasteiger partial charge is 0.122 e. The van der Waals surface area contributed by atoms with E-state index in [1.165, 1.54) is 11.1 Å². The van der Waals surface area contributed by atoms with E-state index >= 15 is 0 Å². The number of para-hydroxylation sites is 1. The molecule has 1 aliphatic rings. The van der Waals surface area contributed by atoms with E-state index in [0.717, 1.165) is 38.3 Å². The highest BCUT2D eigenvalue weighted by atomic mass is 16.5. The van der Waals surface area contributed by atoms with Crippen molar-refractivity contribution < 1.29 is 4.74 Å². The third-order valence-corrected chi connectivity index (χ3v) is 3.82. The van der Waals surface area contributed by atoms with Gasteiger partial charge in [-0.25, -0.2) is 0 Å². The highest BCUT2D eigenvalue weighted by Gasteiger charge is 2.20. The predicted molar refractivity (Wildman–Crippen MR) is 79.1 cm³/mol. The van der Waals surface area contributed by atoms with Crippen LogP contribution in [0.15, 0.2) is 36.7 Å². The van der Waals surface area contributed by atoms with E-state index in [1.54, 1.807) is 0 Å². The van der Waals surface area contributed by atoms with Gasteiger partial charge >= 0.3 is 0 Å². The molecule has 106 valence electrons. The summed E-state index contributed by atoms with van der Waals surface area (Å²) in [7, 11) is 1.95. The Bertz CT molecular complexity index is 564. The van der Waals surface area contributed by atoms with E-state index in [0.29, 0.717) is 5.92 Å². The first-order valence-electron chi connectivity index (χ1n) is 7.23. The molecule has 20 heavy (non-hydrogen) atoms. The summed E-state index contributed by atoms with van der Waals surface area (Å²) in [6.45, 7) is 2.83. The van der Waals surface area contributed by atoms with Crippen LogP contribution in [0.2, 0.25) is 0 Å². The number of benzene rings is 1. The van der Waals surface area contributed by atoms with E-state index in [-0.39, 0.29) is 0 Å². The van der Waals surface area contributed by atoms with Crippen LogP contribution in [0.25, 0.3) is 0 Å². The third-order valence-electron chi connectivity index (χ3n) is 3.82. The number of aromatic nitrogens is 2. The number of rotatable bonds is 5. The second-order valence-corrected chi connectivity index (χ2v) is 5.35. The highest BCUT2D eigenvalue weighted by Crippen LogP contribution is 2.32. The maximum Gasteiger partial charge on any atom is 0.122 e. The van der Waals surface area contributed by atoms with Crippen molar-refractivity contribution >= 4 is 0 Å². The quantitative estimate of drug-likeness (QED) is 0.847. The largest absolute Gasteiger partial charge is 0.493 e. The lowest BCUT2D eigenvalue weighted by Crippen LogP contribution is -2.27. The van der Waals surface area contributed by atoms with Gasteiger partial charge in [0, 0.05) is 25.7 Å². The summed E-state index contributed by atoms with van der Waals surface area (Å²) in [6.07, 6.45) is 6.13. The number of nitrogens with one attached hydrogen (secondary N) is 1. The third kappa shape index (κ3) is 3.02.